The summed E-state index contributed by atoms with van der Waals surface area (Å²) in [5.74, 6) is 0. The molecule has 0 atom stereocenters. The van der Waals surface area contributed by atoms with E-state index in [4.69, 9.17) is 46.4 Å². The van der Waals surface area contributed by atoms with Crippen LogP contribution in [0, 0.1) is 0 Å². The Morgan fingerprint density at radius 2 is 1.88 bits per heavy atom. The van der Waals surface area contributed by atoms with Crippen LogP contribution in [0.4, 0.5) is 0 Å². The highest BCUT2D eigenvalue weighted by atomic mass is 35.5. The van der Waals surface area contributed by atoms with Gasteiger partial charge in [0.15, 0.2) is 0 Å². The fraction of sp³-hybridized carbons (Fsp3) is 0.0833. The molecular weight excluding hydrogens is 300 g/mol. The van der Waals surface area contributed by atoms with Crippen molar-refractivity contribution in [3.05, 3.63) is 50.6 Å². The predicted molar refractivity (Wildman–Crippen MR) is 75.3 cm³/mol. The molecule has 0 N–H and O–H groups in total. The van der Waals surface area contributed by atoms with E-state index in [9.17, 15) is 0 Å². The fourth-order valence-corrected chi connectivity index (χ4v) is 2.33. The Morgan fingerprint density at radius 1 is 1.18 bits per heavy atom. The standard InChI is InChI=1S/C12H7Cl4N/c13-10(14)6-5-8-11(15)7-3-1-2-4-9(7)17-12(8)16/h1-4,6H,5H2. The lowest BCUT2D eigenvalue weighted by Gasteiger charge is -2.07. The van der Waals surface area contributed by atoms with Crippen molar-refractivity contribution in [2.75, 3.05) is 0 Å². The molecular formula is C12H7Cl4N. The molecule has 5 heteroatoms. The molecule has 0 bridgehead atoms. The summed E-state index contributed by atoms with van der Waals surface area (Å²) in [7, 11) is 0. The Kier molecular flexibility index (Phi) is 4.16. The Balaban J connectivity index is 2.59. The third kappa shape index (κ3) is 2.86. The first-order valence-electron chi connectivity index (χ1n) is 4.83. The Hall–Kier alpha value is -0.470. The molecule has 0 aliphatic carbocycles. The van der Waals surface area contributed by atoms with E-state index in [0.717, 1.165) is 16.5 Å². The van der Waals surface area contributed by atoms with Crippen molar-refractivity contribution < 1.29 is 0 Å². The van der Waals surface area contributed by atoms with E-state index in [0.29, 0.717) is 16.6 Å². The van der Waals surface area contributed by atoms with Gasteiger partial charge in [-0.3, -0.25) is 0 Å². The van der Waals surface area contributed by atoms with Crippen LogP contribution >= 0.6 is 46.4 Å². The Morgan fingerprint density at radius 3 is 2.59 bits per heavy atom. The molecule has 1 heterocycles. The van der Waals surface area contributed by atoms with Gasteiger partial charge >= 0.3 is 0 Å². The number of allylic oxidation sites excluding steroid dienone is 1. The molecule has 88 valence electrons. The first kappa shape index (κ1) is 13.0. The highest BCUT2D eigenvalue weighted by molar-refractivity contribution is 6.55. The predicted octanol–water partition coefficient (Wildman–Crippen LogP) is 5.40. The largest absolute Gasteiger partial charge is 0.236 e. The molecule has 1 nitrogen and oxygen atoms in total. The first-order chi connectivity index (χ1) is 8.09. The molecule has 1 aromatic heterocycles. The number of fused-ring (bicyclic) bond motifs is 1. The summed E-state index contributed by atoms with van der Waals surface area (Å²) < 4.78 is 0.185. The number of para-hydroxylation sites is 1. The number of benzene rings is 1. The van der Waals surface area contributed by atoms with E-state index in [1.807, 2.05) is 24.3 Å². The average molecular weight is 307 g/mol. The molecule has 0 spiro atoms. The summed E-state index contributed by atoms with van der Waals surface area (Å²) in [5, 5.41) is 1.83. The van der Waals surface area contributed by atoms with Gasteiger partial charge in [-0.25, -0.2) is 4.98 Å². The van der Waals surface area contributed by atoms with Crippen LogP contribution in [0.2, 0.25) is 10.2 Å². The summed E-state index contributed by atoms with van der Waals surface area (Å²) in [4.78, 5) is 4.28. The second-order valence-electron chi connectivity index (χ2n) is 3.41. The summed E-state index contributed by atoms with van der Waals surface area (Å²) in [5.41, 5.74) is 1.50. The van der Waals surface area contributed by atoms with Crippen molar-refractivity contribution in [1.82, 2.24) is 4.98 Å². The van der Waals surface area contributed by atoms with Crippen LogP contribution < -0.4 is 0 Å². The summed E-state index contributed by atoms with van der Waals surface area (Å²) in [6, 6.07) is 7.55. The molecule has 0 fully saturated rings. The smallest absolute Gasteiger partial charge is 0.134 e. The van der Waals surface area contributed by atoms with Gasteiger partial charge in [-0.1, -0.05) is 64.6 Å². The highest BCUT2D eigenvalue weighted by Gasteiger charge is 2.10. The summed E-state index contributed by atoms with van der Waals surface area (Å²) >= 11 is 23.5. The molecule has 0 aliphatic rings. The van der Waals surface area contributed by atoms with Gasteiger partial charge < -0.3 is 0 Å². The molecule has 0 unspecified atom stereocenters. The number of aromatic nitrogens is 1. The maximum atomic E-state index is 6.29. The van der Waals surface area contributed by atoms with E-state index in [-0.39, 0.29) is 4.49 Å². The second-order valence-corrected chi connectivity index (χ2v) is 5.15. The van der Waals surface area contributed by atoms with Crippen molar-refractivity contribution in [2.45, 2.75) is 6.42 Å². The van der Waals surface area contributed by atoms with Gasteiger partial charge in [0.05, 0.1) is 10.5 Å². The number of rotatable bonds is 2. The van der Waals surface area contributed by atoms with Crippen LogP contribution in [0.3, 0.4) is 0 Å². The van der Waals surface area contributed by atoms with Crippen molar-refractivity contribution in [3.63, 3.8) is 0 Å². The van der Waals surface area contributed by atoms with Gasteiger partial charge in [-0.2, -0.15) is 0 Å². The highest BCUT2D eigenvalue weighted by Crippen LogP contribution is 2.31. The third-order valence-corrected chi connectivity index (χ3v) is 3.39. The number of hydrogen-bond donors (Lipinski definition) is 0. The number of nitrogens with zero attached hydrogens (tertiary/aromatic N) is 1. The van der Waals surface area contributed by atoms with E-state index in [1.54, 1.807) is 6.08 Å². The van der Waals surface area contributed by atoms with E-state index < -0.39 is 0 Å². The zero-order chi connectivity index (χ0) is 12.4. The molecule has 0 amide bonds. The van der Waals surface area contributed by atoms with Crippen LogP contribution in [0.1, 0.15) is 5.56 Å². The van der Waals surface area contributed by atoms with E-state index in [1.165, 1.54) is 0 Å². The minimum Gasteiger partial charge on any atom is -0.236 e. The Bertz CT molecular complexity index is 588. The molecule has 0 aliphatic heterocycles. The van der Waals surface area contributed by atoms with Gasteiger partial charge in [-0.15, -0.1) is 0 Å². The molecule has 17 heavy (non-hydrogen) atoms. The molecule has 0 saturated heterocycles. The lowest BCUT2D eigenvalue weighted by Crippen LogP contribution is -1.91. The Labute approximate surface area is 119 Å². The quantitative estimate of drug-likeness (QED) is 0.677. The summed E-state index contributed by atoms with van der Waals surface area (Å²) in [6.45, 7) is 0. The molecule has 2 rings (SSSR count). The second kappa shape index (κ2) is 5.45. The molecule has 1 aromatic carbocycles. The maximum absolute atomic E-state index is 6.29. The van der Waals surface area contributed by atoms with Crippen molar-refractivity contribution in [1.29, 1.82) is 0 Å². The van der Waals surface area contributed by atoms with Crippen molar-refractivity contribution >= 4 is 57.3 Å². The lowest BCUT2D eigenvalue weighted by molar-refractivity contribution is 1.22. The van der Waals surface area contributed by atoms with Crippen LogP contribution in [0.25, 0.3) is 10.9 Å². The van der Waals surface area contributed by atoms with Gasteiger partial charge in [0, 0.05) is 10.9 Å². The van der Waals surface area contributed by atoms with Gasteiger partial charge in [0.2, 0.25) is 0 Å². The van der Waals surface area contributed by atoms with E-state index >= 15 is 0 Å². The monoisotopic (exact) mass is 305 g/mol. The van der Waals surface area contributed by atoms with Crippen LogP contribution in [0.5, 0.6) is 0 Å². The normalized spacial score (nSPS) is 10.6. The number of hydrogen-bond acceptors (Lipinski definition) is 1. The number of halogens is 4. The zero-order valence-corrected chi connectivity index (χ0v) is 11.6. The topological polar surface area (TPSA) is 12.9 Å². The first-order valence-corrected chi connectivity index (χ1v) is 6.34. The zero-order valence-electron chi connectivity index (χ0n) is 8.55. The van der Waals surface area contributed by atoms with Gasteiger partial charge in [0.1, 0.15) is 9.64 Å². The lowest BCUT2D eigenvalue weighted by atomic mass is 10.1. The van der Waals surface area contributed by atoms with Gasteiger partial charge in [-0.05, 0) is 18.6 Å². The molecule has 0 saturated carbocycles. The minimum absolute atomic E-state index is 0.185. The number of pyridine rings is 1. The minimum atomic E-state index is 0.185. The van der Waals surface area contributed by atoms with Crippen molar-refractivity contribution in [2.24, 2.45) is 0 Å². The molecule has 2 aromatic rings. The van der Waals surface area contributed by atoms with Crippen molar-refractivity contribution in [3.8, 4) is 0 Å². The van der Waals surface area contributed by atoms with Crippen LogP contribution in [0.15, 0.2) is 34.8 Å². The SMILES string of the molecule is ClC(Cl)=CCc1c(Cl)nc2ccccc2c1Cl. The fourth-order valence-electron chi connectivity index (χ4n) is 1.54. The maximum Gasteiger partial charge on any atom is 0.134 e. The van der Waals surface area contributed by atoms with Crippen LogP contribution in [-0.2, 0) is 6.42 Å². The van der Waals surface area contributed by atoms with Gasteiger partial charge in [0.25, 0.3) is 0 Å². The average Bonchev–Trinajstić information content (AvgIpc) is 2.28. The van der Waals surface area contributed by atoms with E-state index in [2.05, 4.69) is 4.98 Å². The summed E-state index contributed by atoms with van der Waals surface area (Å²) in [6.07, 6.45) is 2.09. The third-order valence-electron chi connectivity index (χ3n) is 2.33. The molecule has 0 radical (unpaired) electrons. The van der Waals surface area contributed by atoms with Crippen LogP contribution in [-0.4, -0.2) is 4.98 Å².